The molecule has 2 N–H and O–H groups in total. The van der Waals surface area contributed by atoms with Gasteiger partial charge in [-0.05, 0) is 36.3 Å². The van der Waals surface area contributed by atoms with Crippen molar-refractivity contribution in [1.29, 1.82) is 0 Å². The zero-order valence-electron chi connectivity index (χ0n) is 12.0. The lowest BCUT2D eigenvalue weighted by Crippen LogP contribution is -2.41. The van der Waals surface area contributed by atoms with Crippen molar-refractivity contribution >= 4 is 11.7 Å². The Morgan fingerprint density at radius 1 is 1.37 bits per heavy atom. The first kappa shape index (κ1) is 13.8. The molecule has 1 aromatic rings. The topological polar surface area (TPSA) is 59.2 Å². The summed E-state index contributed by atoms with van der Waals surface area (Å²) in [6, 6.07) is 3.38. The highest BCUT2D eigenvalue weighted by Gasteiger charge is 2.30. The molecular weight excluding hydrogens is 238 g/mol. The van der Waals surface area contributed by atoms with E-state index in [-0.39, 0.29) is 5.91 Å². The van der Waals surface area contributed by atoms with Crippen molar-refractivity contribution in [2.45, 2.75) is 33.6 Å². The Labute approximate surface area is 115 Å². The SMILES string of the molecule is CC(C)(C)C1CCN(C(=O)c2ccnc(N)c2)CC1. The van der Waals surface area contributed by atoms with Crippen molar-refractivity contribution in [3.63, 3.8) is 0 Å². The fraction of sp³-hybridized carbons (Fsp3) is 0.600. The molecule has 19 heavy (non-hydrogen) atoms. The Bertz CT molecular complexity index is 457. The summed E-state index contributed by atoms with van der Waals surface area (Å²) in [7, 11) is 0. The molecule has 0 bridgehead atoms. The number of piperidine rings is 1. The molecule has 0 saturated carbocycles. The quantitative estimate of drug-likeness (QED) is 0.845. The van der Waals surface area contributed by atoms with Crippen molar-refractivity contribution in [2.24, 2.45) is 11.3 Å². The number of hydrogen-bond acceptors (Lipinski definition) is 3. The molecule has 1 aliphatic rings. The van der Waals surface area contributed by atoms with Crippen LogP contribution in [0.4, 0.5) is 5.82 Å². The van der Waals surface area contributed by atoms with Crippen LogP contribution in [-0.4, -0.2) is 28.9 Å². The number of nitrogen functional groups attached to an aromatic ring is 1. The van der Waals surface area contributed by atoms with Crippen LogP contribution in [0, 0.1) is 11.3 Å². The molecule has 104 valence electrons. The summed E-state index contributed by atoms with van der Waals surface area (Å²) >= 11 is 0. The van der Waals surface area contributed by atoms with E-state index >= 15 is 0 Å². The van der Waals surface area contributed by atoms with Gasteiger partial charge in [0.05, 0.1) is 0 Å². The minimum atomic E-state index is 0.0708. The van der Waals surface area contributed by atoms with Gasteiger partial charge in [-0.15, -0.1) is 0 Å². The molecule has 1 aliphatic heterocycles. The highest BCUT2D eigenvalue weighted by atomic mass is 16.2. The summed E-state index contributed by atoms with van der Waals surface area (Å²) in [5, 5.41) is 0. The lowest BCUT2D eigenvalue weighted by Gasteiger charge is -2.38. The van der Waals surface area contributed by atoms with E-state index in [2.05, 4.69) is 25.8 Å². The lowest BCUT2D eigenvalue weighted by molar-refractivity contribution is 0.0608. The van der Waals surface area contributed by atoms with Crippen molar-refractivity contribution in [3.8, 4) is 0 Å². The predicted octanol–water partition coefficient (Wildman–Crippen LogP) is 2.56. The fourth-order valence-electron chi connectivity index (χ4n) is 2.71. The number of carbonyl (C=O) groups excluding carboxylic acids is 1. The molecule has 1 amide bonds. The van der Waals surface area contributed by atoms with E-state index in [1.807, 2.05) is 4.90 Å². The van der Waals surface area contributed by atoms with Crippen molar-refractivity contribution in [3.05, 3.63) is 23.9 Å². The van der Waals surface area contributed by atoms with Crippen LogP contribution >= 0.6 is 0 Å². The molecule has 0 aliphatic carbocycles. The summed E-state index contributed by atoms with van der Waals surface area (Å²) in [6.45, 7) is 8.50. The van der Waals surface area contributed by atoms with Gasteiger partial charge in [0.1, 0.15) is 5.82 Å². The van der Waals surface area contributed by atoms with Gasteiger partial charge < -0.3 is 10.6 Å². The molecule has 0 atom stereocenters. The van der Waals surface area contributed by atoms with E-state index in [4.69, 9.17) is 5.73 Å². The Morgan fingerprint density at radius 3 is 2.53 bits per heavy atom. The van der Waals surface area contributed by atoms with Gasteiger partial charge in [0.2, 0.25) is 0 Å². The number of pyridine rings is 1. The third kappa shape index (κ3) is 3.25. The number of hydrogen-bond donors (Lipinski definition) is 1. The van der Waals surface area contributed by atoms with Crippen molar-refractivity contribution in [2.75, 3.05) is 18.8 Å². The number of carbonyl (C=O) groups is 1. The largest absolute Gasteiger partial charge is 0.384 e. The molecule has 0 unspecified atom stereocenters. The molecule has 0 spiro atoms. The van der Waals surface area contributed by atoms with Crippen molar-refractivity contribution in [1.82, 2.24) is 9.88 Å². The number of amides is 1. The Morgan fingerprint density at radius 2 is 2.00 bits per heavy atom. The number of nitrogens with two attached hydrogens (primary N) is 1. The van der Waals surface area contributed by atoms with Crippen LogP contribution in [0.15, 0.2) is 18.3 Å². The number of rotatable bonds is 1. The van der Waals surface area contributed by atoms with Gasteiger partial charge in [-0.2, -0.15) is 0 Å². The van der Waals surface area contributed by atoms with Gasteiger partial charge in [-0.3, -0.25) is 4.79 Å². The molecule has 4 nitrogen and oxygen atoms in total. The maximum absolute atomic E-state index is 12.4. The van der Waals surface area contributed by atoms with E-state index in [9.17, 15) is 4.79 Å². The van der Waals surface area contributed by atoms with Crippen LogP contribution in [0.1, 0.15) is 44.0 Å². The molecule has 1 fully saturated rings. The highest BCUT2D eigenvalue weighted by molar-refractivity contribution is 5.94. The predicted molar refractivity (Wildman–Crippen MR) is 76.7 cm³/mol. The first-order valence-electron chi connectivity index (χ1n) is 6.89. The van der Waals surface area contributed by atoms with E-state index in [0.29, 0.717) is 22.7 Å². The fourth-order valence-corrected chi connectivity index (χ4v) is 2.71. The van der Waals surface area contributed by atoms with E-state index in [1.54, 1.807) is 18.3 Å². The second-order valence-corrected chi connectivity index (χ2v) is 6.40. The maximum Gasteiger partial charge on any atom is 0.254 e. The summed E-state index contributed by atoms with van der Waals surface area (Å²) in [5.41, 5.74) is 6.59. The molecule has 2 heterocycles. The first-order chi connectivity index (χ1) is 8.88. The van der Waals surface area contributed by atoms with Crippen molar-refractivity contribution < 1.29 is 4.79 Å². The van der Waals surface area contributed by atoms with Crippen LogP contribution in [0.3, 0.4) is 0 Å². The zero-order valence-corrected chi connectivity index (χ0v) is 12.0. The molecule has 0 radical (unpaired) electrons. The van der Waals surface area contributed by atoms with Crippen LogP contribution in [0.2, 0.25) is 0 Å². The molecule has 4 heteroatoms. The van der Waals surface area contributed by atoms with Gasteiger partial charge in [0.15, 0.2) is 0 Å². The van der Waals surface area contributed by atoms with Gasteiger partial charge in [-0.25, -0.2) is 4.98 Å². The Balaban J connectivity index is 2.00. The minimum Gasteiger partial charge on any atom is -0.384 e. The monoisotopic (exact) mass is 261 g/mol. The standard InChI is InChI=1S/C15H23N3O/c1-15(2,3)12-5-8-18(9-6-12)14(19)11-4-7-17-13(16)10-11/h4,7,10,12H,5-6,8-9H2,1-3H3,(H2,16,17). The van der Waals surface area contributed by atoms with Gasteiger partial charge in [0, 0.05) is 24.8 Å². The van der Waals surface area contributed by atoms with Crippen LogP contribution in [-0.2, 0) is 0 Å². The summed E-state index contributed by atoms with van der Waals surface area (Å²) in [4.78, 5) is 18.2. The molecular formula is C15H23N3O. The third-order valence-electron chi connectivity index (χ3n) is 4.03. The molecule has 2 rings (SSSR count). The molecule has 0 aromatic carbocycles. The molecule has 1 saturated heterocycles. The van der Waals surface area contributed by atoms with E-state index in [1.165, 1.54) is 0 Å². The lowest BCUT2D eigenvalue weighted by atomic mass is 9.75. The van der Waals surface area contributed by atoms with Crippen LogP contribution in [0.25, 0.3) is 0 Å². The Hall–Kier alpha value is -1.58. The minimum absolute atomic E-state index is 0.0708. The van der Waals surface area contributed by atoms with Crippen LogP contribution in [0.5, 0.6) is 0 Å². The van der Waals surface area contributed by atoms with E-state index < -0.39 is 0 Å². The number of likely N-dealkylation sites (tertiary alicyclic amines) is 1. The summed E-state index contributed by atoms with van der Waals surface area (Å²) in [5.74, 6) is 1.16. The van der Waals surface area contributed by atoms with Gasteiger partial charge in [0.25, 0.3) is 5.91 Å². The second-order valence-electron chi connectivity index (χ2n) is 6.40. The van der Waals surface area contributed by atoms with E-state index in [0.717, 1.165) is 25.9 Å². The normalized spacial score (nSPS) is 17.5. The number of nitrogens with zero attached hydrogens (tertiary/aromatic N) is 2. The first-order valence-corrected chi connectivity index (χ1v) is 6.89. The number of anilines is 1. The smallest absolute Gasteiger partial charge is 0.254 e. The van der Waals surface area contributed by atoms with Crippen LogP contribution < -0.4 is 5.73 Å². The maximum atomic E-state index is 12.4. The zero-order chi connectivity index (χ0) is 14.0. The second kappa shape index (κ2) is 5.19. The van der Waals surface area contributed by atoms with Gasteiger partial charge >= 0.3 is 0 Å². The number of aromatic nitrogens is 1. The third-order valence-corrected chi connectivity index (χ3v) is 4.03. The highest BCUT2D eigenvalue weighted by Crippen LogP contribution is 2.34. The Kier molecular flexibility index (Phi) is 3.78. The molecule has 1 aromatic heterocycles. The average molecular weight is 261 g/mol. The summed E-state index contributed by atoms with van der Waals surface area (Å²) in [6.07, 6.45) is 3.75. The van der Waals surface area contributed by atoms with Gasteiger partial charge in [-0.1, -0.05) is 20.8 Å². The summed E-state index contributed by atoms with van der Waals surface area (Å²) < 4.78 is 0. The average Bonchev–Trinajstić information content (AvgIpc) is 2.37.